The first-order chi connectivity index (χ1) is 9.72. The first-order valence-electron chi connectivity index (χ1n) is 6.49. The van der Waals surface area contributed by atoms with Gasteiger partial charge in [-0.2, -0.15) is 0 Å². The van der Waals surface area contributed by atoms with Crippen LogP contribution in [0.15, 0.2) is 53.0 Å². The van der Waals surface area contributed by atoms with E-state index in [2.05, 4.69) is 21.2 Å². The van der Waals surface area contributed by atoms with Crippen molar-refractivity contribution in [1.82, 2.24) is 0 Å². The molecule has 1 aliphatic heterocycles. The largest absolute Gasteiger partial charge is 0.492 e. The third-order valence-corrected chi connectivity index (χ3v) is 3.89. The van der Waals surface area contributed by atoms with E-state index in [0.29, 0.717) is 6.61 Å². The first-order valence-corrected chi connectivity index (χ1v) is 7.29. The molecule has 1 unspecified atom stereocenters. The van der Waals surface area contributed by atoms with E-state index in [-0.39, 0.29) is 11.8 Å². The lowest BCUT2D eigenvalue weighted by molar-refractivity contribution is -0.121. The fourth-order valence-electron chi connectivity index (χ4n) is 2.27. The van der Waals surface area contributed by atoms with E-state index in [1.54, 1.807) is 0 Å². The van der Waals surface area contributed by atoms with Gasteiger partial charge in [0.05, 0.1) is 5.92 Å². The Hall–Kier alpha value is -1.81. The van der Waals surface area contributed by atoms with Gasteiger partial charge in [-0.15, -0.1) is 0 Å². The molecule has 1 aliphatic rings. The lowest BCUT2D eigenvalue weighted by Gasteiger charge is -2.24. The van der Waals surface area contributed by atoms with Crippen molar-refractivity contribution in [2.45, 2.75) is 6.42 Å². The molecule has 3 rings (SSSR count). The maximum Gasteiger partial charge on any atom is 0.231 e. The molecular formula is C16H14BrNO2. The van der Waals surface area contributed by atoms with Gasteiger partial charge >= 0.3 is 0 Å². The number of hydrogen-bond donors (Lipinski definition) is 1. The number of hydrogen-bond acceptors (Lipinski definition) is 2. The summed E-state index contributed by atoms with van der Waals surface area (Å²) in [7, 11) is 0. The monoisotopic (exact) mass is 331 g/mol. The molecular weight excluding hydrogens is 318 g/mol. The van der Waals surface area contributed by atoms with Crippen molar-refractivity contribution in [3.05, 3.63) is 58.6 Å². The molecule has 0 aromatic heterocycles. The van der Waals surface area contributed by atoms with Crippen LogP contribution in [0.1, 0.15) is 5.56 Å². The van der Waals surface area contributed by atoms with Gasteiger partial charge in [-0.3, -0.25) is 4.79 Å². The fraction of sp³-hybridized carbons (Fsp3) is 0.188. The van der Waals surface area contributed by atoms with E-state index in [4.69, 9.17) is 4.74 Å². The van der Waals surface area contributed by atoms with E-state index in [0.717, 1.165) is 27.9 Å². The minimum atomic E-state index is -0.145. The van der Waals surface area contributed by atoms with Gasteiger partial charge in [0.15, 0.2) is 0 Å². The van der Waals surface area contributed by atoms with Crippen LogP contribution in [-0.2, 0) is 11.2 Å². The van der Waals surface area contributed by atoms with E-state index >= 15 is 0 Å². The first kappa shape index (κ1) is 13.2. The summed E-state index contributed by atoms with van der Waals surface area (Å²) < 4.78 is 6.64. The van der Waals surface area contributed by atoms with Crippen molar-refractivity contribution in [2.75, 3.05) is 11.9 Å². The quantitative estimate of drug-likeness (QED) is 0.912. The number of nitrogens with one attached hydrogen (secondary N) is 1. The summed E-state index contributed by atoms with van der Waals surface area (Å²) in [6.45, 7) is 0.430. The molecule has 0 saturated heterocycles. The van der Waals surface area contributed by atoms with Crippen LogP contribution in [-0.4, -0.2) is 12.5 Å². The highest BCUT2D eigenvalue weighted by Crippen LogP contribution is 2.27. The second-order valence-electron chi connectivity index (χ2n) is 4.82. The smallest absolute Gasteiger partial charge is 0.231 e. The van der Waals surface area contributed by atoms with Gasteiger partial charge < -0.3 is 10.1 Å². The molecule has 1 amide bonds. The molecule has 1 atom stereocenters. The predicted molar refractivity (Wildman–Crippen MR) is 81.9 cm³/mol. The van der Waals surface area contributed by atoms with Gasteiger partial charge in [-0.25, -0.2) is 0 Å². The van der Waals surface area contributed by atoms with Gasteiger partial charge in [0.2, 0.25) is 5.91 Å². The van der Waals surface area contributed by atoms with Crippen LogP contribution < -0.4 is 10.1 Å². The third-order valence-electron chi connectivity index (χ3n) is 3.36. The Bertz CT molecular complexity index is 625. The average Bonchev–Trinajstić information content (AvgIpc) is 2.49. The van der Waals surface area contributed by atoms with E-state index in [9.17, 15) is 4.79 Å². The Morgan fingerprint density at radius 2 is 1.90 bits per heavy atom. The van der Waals surface area contributed by atoms with Crippen LogP contribution in [0.2, 0.25) is 0 Å². The highest BCUT2D eigenvalue weighted by Gasteiger charge is 2.25. The standard InChI is InChI=1S/C16H14BrNO2/c17-13-5-7-14(8-6-13)18-16(19)12-9-11-3-1-2-4-15(11)20-10-12/h1-8,12H,9-10H2,(H,18,19). The van der Waals surface area contributed by atoms with E-state index < -0.39 is 0 Å². The second-order valence-corrected chi connectivity index (χ2v) is 5.73. The highest BCUT2D eigenvalue weighted by atomic mass is 79.9. The van der Waals surface area contributed by atoms with Gasteiger partial charge in [0, 0.05) is 10.2 Å². The van der Waals surface area contributed by atoms with Crippen LogP contribution in [0.25, 0.3) is 0 Å². The maximum absolute atomic E-state index is 12.3. The van der Waals surface area contributed by atoms with Crippen LogP contribution in [0.3, 0.4) is 0 Å². The summed E-state index contributed by atoms with van der Waals surface area (Å²) in [4.78, 5) is 12.3. The lowest BCUT2D eigenvalue weighted by Crippen LogP contribution is -2.32. The van der Waals surface area contributed by atoms with E-state index in [1.807, 2.05) is 48.5 Å². The van der Waals surface area contributed by atoms with Crippen molar-refractivity contribution in [2.24, 2.45) is 5.92 Å². The number of fused-ring (bicyclic) bond motifs is 1. The number of halogens is 1. The minimum Gasteiger partial charge on any atom is -0.492 e. The summed E-state index contributed by atoms with van der Waals surface area (Å²) in [6, 6.07) is 15.4. The molecule has 0 fully saturated rings. The zero-order valence-corrected chi connectivity index (χ0v) is 12.4. The van der Waals surface area contributed by atoms with Gasteiger partial charge in [0.1, 0.15) is 12.4 Å². The molecule has 2 aromatic rings. The summed E-state index contributed by atoms with van der Waals surface area (Å²) >= 11 is 3.37. The normalized spacial score (nSPS) is 16.9. The molecule has 20 heavy (non-hydrogen) atoms. The Kier molecular flexibility index (Phi) is 3.74. The van der Waals surface area contributed by atoms with Gasteiger partial charge in [0.25, 0.3) is 0 Å². The Labute approximate surface area is 126 Å². The van der Waals surface area contributed by atoms with Crippen molar-refractivity contribution in [3.8, 4) is 5.75 Å². The number of carbonyl (C=O) groups excluding carboxylic acids is 1. The molecule has 0 spiro atoms. The molecule has 0 saturated carbocycles. The van der Waals surface area contributed by atoms with Crippen molar-refractivity contribution >= 4 is 27.5 Å². The average molecular weight is 332 g/mol. The molecule has 0 radical (unpaired) electrons. The van der Waals surface area contributed by atoms with Crippen LogP contribution >= 0.6 is 15.9 Å². The number of para-hydroxylation sites is 1. The number of rotatable bonds is 2. The summed E-state index contributed by atoms with van der Waals surface area (Å²) in [5.74, 6) is 0.746. The topological polar surface area (TPSA) is 38.3 Å². The molecule has 0 bridgehead atoms. The fourth-order valence-corrected chi connectivity index (χ4v) is 2.54. The number of ether oxygens (including phenoxy) is 1. The van der Waals surface area contributed by atoms with E-state index in [1.165, 1.54) is 0 Å². The third kappa shape index (κ3) is 2.85. The molecule has 0 aliphatic carbocycles. The SMILES string of the molecule is O=C(Nc1ccc(Br)cc1)C1COc2ccccc2C1. The Morgan fingerprint density at radius 3 is 2.70 bits per heavy atom. The number of benzene rings is 2. The second kappa shape index (κ2) is 5.67. The molecule has 1 heterocycles. The Balaban J connectivity index is 1.68. The zero-order valence-electron chi connectivity index (χ0n) is 10.8. The van der Waals surface area contributed by atoms with Gasteiger partial charge in [-0.05, 0) is 42.3 Å². The number of anilines is 1. The molecule has 4 heteroatoms. The molecule has 3 nitrogen and oxygen atoms in total. The number of carbonyl (C=O) groups is 1. The van der Waals surface area contributed by atoms with Crippen molar-refractivity contribution in [3.63, 3.8) is 0 Å². The van der Waals surface area contributed by atoms with Crippen LogP contribution in [0.4, 0.5) is 5.69 Å². The van der Waals surface area contributed by atoms with Gasteiger partial charge in [-0.1, -0.05) is 34.1 Å². The summed E-state index contributed by atoms with van der Waals surface area (Å²) in [6.07, 6.45) is 0.721. The van der Waals surface area contributed by atoms with Crippen molar-refractivity contribution < 1.29 is 9.53 Å². The van der Waals surface area contributed by atoms with Crippen LogP contribution in [0, 0.1) is 5.92 Å². The summed E-state index contributed by atoms with van der Waals surface area (Å²) in [5, 5.41) is 2.93. The predicted octanol–water partition coefficient (Wildman–Crippen LogP) is 3.64. The van der Waals surface area contributed by atoms with Crippen LogP contribution in [0.5, 0.6) is 5.75 Å². The minimum absolute atomic E-state index is 0.00169. The lowest BCUT2D eigenvalue weighted by atomic mass is 9.96. The Morgan fingerprint density at radius 1 is 1.15 bits per heavy atom. The molecule has 1 N–H and O–H groups in total. The summed E-state index contributed by atoms with van der Waals surface area (Å²) in [5.41, 5.74) is 1.90. The van der Waals surface area contributed by atoms with Crippen molar-refractivity contribution in [1.29, 1.82) is 0 Å². The maximum atomic E-state index is 12.3. The molecule has 2 aromatic carbocycles. The molecule has 102 valence electrons. The highest BCUT2D eigenvalue weighted by molar-refractivity contribution is 9.10. The zero-order chi connectivity index (χ0) is 13.9. The number of amides is 1.